The molecule has 0 aromatic carbocycles. The molecule has 1 unspecified atom stereocenters. The number of amides is 1. The molecule has 1 rings (SSSR count). The summed E-state index contributed by atoms with van der Waals surface area (Å²) in [5.74, 6) is -0.0551. The molecule has 106 valence electrons. The molecular formula is C15H25N3O. The second kappa shape index (κ2) is 8.51. The highest BCUT2D eigenvalue weighted by Gasteiger charge is 2.13. The molecule has 19 heavy (non-hydrogen) atoms. The molecule has 2 N–H and O–H groups in total. The van der Waals surface area contributed by atoms with Crippen LogP contribution in [0.2, 0.25) is 0 Å². The zero-order valence-corrected chi connectivity index (χ0v) is 12.2. The van der Waals surface area contributed by atoms with E-state index in [1.165, 1.54) is 25.7 Å². The van der Waals surface area contributed by atoms with Crippen LogP contribution in [0.1, 0.15) is 56.3 Å². The van der Waals surface area contributed by atoms with Crippen LogP contribution in [-0.4, -0.2) is 24.0 Å². The number of pyridine rings is 1. The fourth-order valence-electron chi connectivity index (χ4n) is 2.04. The number of nitrogens with one attached hydrogen (secondary N) is 2. The van der Waals surface area contributed by atoms with E-state index >= 15 is 0 Å². The van der Waals surface area contributed by atoms with Crippen molar-refractivity contribution in [3.05, 3.63) is 24.0 Å². The second-order valence-corrected chi connectivity index (χ2v) is 4.90. The van der Waals surface area contributed by atoms with Crippen LogP contribution in [0, 0.1) is 0 Å². The first-order valence-electron chi connectivity index (χ1n) is 7.11. The van der Waals surface area contributed by atoms with E-state index in [1.54, 1.807) is 25.5 Å². The summed E-state index contributed by atoms with van der Waals surface area (Å²) >= 11 is 0. The zero-order chi connectivity index (χ0) is 14.1. The van der Waals surface area contributed by atoms with Gasteiger partial charge in [-0.1, -0.05) is 32.6 Å². The van der Waals surface area contributed by atoms with E-state index in [0.717, 1.165) is 12.1 Å². The summed E-state index contributed by atoms with van der Waals surface area (Å²) in [5, 5.41) is 6.04. The summed E-state index contributed by atoms with van der Waals surface area (Å²) in [6.45, 7) is 4.26. The average molecular weight is 263 g/mol. The molecule has 4 heteroatoms. The van der Waals surface area contributed by atoms with Gasteiger partial charge in [0.25, 0.3) is 5.91 Å². The van der Waals surface area contributed by atoms with Gasteiger partial charge in [-0.05, 0) is 19.4 Å². The van der Waals surface area contributed by atoms with Crippen LogP contribution in [-0.2, 0) is 0 Å². The highest BCUT2D eigenvalue weighted by molar-refractivity contribution is 5.99. The lowest BCUT2D eigenvalue weighted by Gasteiger charge is -2.15. The summed E-state index contributed by atoms with van der Waals surface area (Å²) in [6.07, 6.45) is 9.23. The Morgan fingerprint density at radius 2 is 2.16 bits per heavy atom. The van der Waals surface area contributed by atoms with E-state index < -0.39 is 0 Å². The van der Waals surface area contributed by atoms with E-state index in [2.05, 4.69) is 29.5 Å². The van der Waals surface area contributed by atoms with Crippen LogP contribution in [0.25, 0.3) is 0 Å². The van der Waals surface area contributed by atoms with Gasteiger partial charge in [-0.25, -0.2) is 0 Å². The molecule has 0 aliphatic carbocycles. The van der Waals surface area contributed by atoms with Crippen molar-refractivity contribution in [2.75, 3.05) is 12.4 Å². The lowest BCUT2D eigenvalue weighted by Crippen LogP contribution is -2.33. The summed E-state index contributed by atoms with van der Waals surface area (Å²) in [6, 6.07) is 2.01. The number of carbonyl (C=O) groups excluding carboxylic acids is 1. The third-order valence-electron chi connectivity index (χ3n) is 3.20. The van der Waals surface area contributed by atoms with Crippen molar-refractivity contribution in [2.24, 2.45) is 0 Å². The lowest BCUT2D eigenvalue weighted by molar-refractivity contribution is 0.0938. The minimum absolute atomic E-state index is 0.0551. The molecule has 1 atom stereocenters. The molecule has 0 radical (unpaired) electrons. The Kier molecular flexibility index (Phi) is 6.93. The Labute approximate surface area is 116 Å². The number of rotatable bonds is 8. The van der Waals surface area contributed by atoms with E-state index in [1.807, 2.05) is 0 Å². The van der Waals surface area contributed by atoms with Gasteiger partial charge in [-0.2, -0.15) is 0 Å². The number of aromatic nitrogens is 1. The standard InChI is InChI=1S/C15H25N3O/c1-4-5-6-7-8-12(2)18-15(19)13-11-17-10-9-14(13)16-3/h9-12H,4-8H2,1-3H3,(H,16,17)(H,18,19). The predicted molar refractivity (Wildman–Crippen MR) is 79.5 cm³/mol. The number of nitrogens with zero attached hydrogens (tertiary/aromatic N) is 1. The van der Waals surface area contributed by atoms with Crippen molar-refractivity contribution >= 4 is 11.6 Å². The van der Waals surface area contributed by atoms with Crippen LogP contribution in [0.5, 0.6) is 0 Å². The van der Waals surface area contributed by atoms with Gasteiger partial charge in [0.1, 0.15) is 0 Å². The molecule has 0 spiro atoms. The maximum absolute atomic E-state index is 12.1. The number of unbranched alkanes of at least 4 members (excludes halogenated alkanes) is 3. The van der Waals surface area contributed by atoms with Crippen molar-refractivity contribution in [3.8, 4) is 0 Å². The molecule has 0 bridgehead atoms. The summed E-state index contributed by atoms with van der Waals surface area (Å²) in [7, 11) is 1.81. The SMILES string of the molecule is CCCCCCC(C)NC(=O)c1cnccc1NC. The third kappa shape index (κ3) is 5.28. The maximum atomic E-state index is 12.1. The molecule has 0 fully saturated rings. The Morgan fingerprint density at radius 3 is 2.84 bits per heavy atom. The van der Waals surface area contributed by atoms with E-state index in [9.17, 15) is 4.79 Å². The van der Waals surface area contributed by atoms with Crippen LogP contribution < -0.4 is 10.6 Å². The van der Waals surface area contributed by atoms with Gasteiger partial charge in [0.2, 0.25) is 0 Å². The Morgan fingerprint density at radius 1 is 1.37 bits per heavy atom. The Hall–Kier alpha value is -1.58. The summed E-state index contributed by atoms with van der Waals surface area (Å²) < 4.78 is 0. The molecular weight excluding hydrogens is 238 g/mol. The fourth-order valence-corrected chi connectivity index (χ4v) is 2.04. The Bertz CT molecular complexity index is 393. The van der Waals surface area contributed by atoms with Crippen molar-refractivity contribution in [2.45, 2.75) is 52.0 Å². The van der Waals surface area contributed by atoms with Crippen molar-refractivity contribution < 1.29 is 4.79 Å². The van der Waals surface area contributed by atoms with Gasteiger partial charge in [0.15, 0.2) is 0 Å². The smallest absolute Gasteiger partial charge is 0.255 e. The minimum Gasteiger partial charge on any atom is -0.387 e. The lowest BCUT2D eigenvalue weighted by atomic mass is 10.1. The second-order valence-electron chi connectivity index (χ2n) is 4.90. The zero-order valence-electron chi connectivity index (χ0n) is 12.2. The van der Waals surface area contributed by atoms with E-state index in [4.69, 9.17) is 0 Å². The molecule has 0 saturated carbocycles. The number of hydrogen-bond acceptors (Lipinski definition) is 3. The first kappa shape index (κ1) is 15.5. The first-order valence-corrected chi connectivity index (χ1v) is 7.11. The summed E-state index contributed by atoms with van der Waals surface area (Å²) in [4.78, 5) is 16.1. The first-order chi connectivity index (χ1) is 9.19. The van der Waals surface area contributed by atoms with Gasteiger partial charge < -0.3 is 10.6 Å². The monoisotopic (exact) mass is 263 g/mol. The molecule has 1 amide bonds. The molecule has 1 aromatic heterocycles. The molecule has 4 nitrogen and oxygen atoms in total. The fraction of sp³-hybridized carbons (Fsp3) is 0.600. The quantitative estimate of drug-likeness (QED) is 0.708. The highest BCUT2D eigenvalue weighted by Crippen LogP contribution is 2.13. The van der Waals surface area contributed by atoms with Crippen molar-refractivity contribution in [1.82, 2.24) is 10.3 Å². The average Bonchev–Trinajstić information content (AvgIpc) is 2.43. The molecule has 1 heterocycles. The van der Waals surface area contributed by atoms with Gasteiger partial charge in [0.05, 0.1) is 5.56 Å². The third-order valence-corrected chi connectivity index (χ3v) is 3.20. The molecule has 0 aliphatic rings. The van der Waals surface area contributed by atoms with Gasteiger partial charge in [-0.3, -0.25) is 9.78 Å². The normalized spacial score (nSPS) is 11.9. The molecule has 0 saturated heterocycles. The van der Waals surface area contributed by atoms with Crippen molar-refractivity contribution in [1.29, 1.82) is 0 Å². The van der Waals surface area contributed by atoms with Gasteiger partial charge >= 0.3 is 0 Å². The van der Waals surface area contributed by atoms with Crippen LogP contribution in [0.4, 0.5) is 5.69 Å². The van der Waals surface area contributed by atoms with Crippen molar-refractivity contribution in [3.63, 3.8) is 0 Å². The van der Waals surface area contributed by atoms with Crippen LogP contribution in [0.15, 0.2) is 18.5 Å². The predicted octanol–water partition coefficient (Wildman–Crippen LogP) is 3.21. The minimum atomic E-state index is -0.0551. The van der Waals surface area contributed by atoms with E-state index in [-0.39, 0.29) is 11.9 Å². The maximum Gasteiger partial charge on any atom is 0.255 e. The topological polar surface area (TPSA) is 54.0 Å². The largest absolute Gasteiger partial charge is 0.387 e. The molecule has 0 aliphatic heterocycles. The highest BCUT2D eigenvalue weighted by atomic mass is 16.1. The van der Waals surface area contributed by atoms with Gasteiger partial charge in [-0.15, -0.1) is 0 Å². The Balaban J connectivity index is 2.45. The number of carbonyl (C=O) groups is 1. The number of anilines is 1. The van der Waals surface area contributed by atoms with Crippen LogP contribution in [0.3, 0.4) is 0 Å². The molecule has 1 aromatic rings. The summed E-state index contributed by atoms with van der Waals surface area (Å²) in [5.41, 5.74) is 1.41. The van der Waals surface area contributed by atoms with Gasteiger partial charge in [0, 0.05) is 31.2 Å². The van der Waals surface area contributed by atoms with Crippen LogP contribution >= 0.6 is 0 Å². The number of hydrogen-bond donors (Lipinski definition) is 2. The van der Waals surface area contributed by atoms with E-state index in [0.29, 0.717) is 5.56 Å².